The van der Waals surface area contributed by atoms with Gasteiger partial charge in [-0.3, -0.25) is 9.59 Å². The van der Waals surface area contributed by atoms with Crippen LogP contribution in [0.5, 0.6) is 0 Å². The van der Waals surface area contributed by atoms with Gasteiger partial charge >= 0.3 is 5.97 Å². The maximum Gasteiger partial charge on any atom is 0.308 e. The summed E-state index contributed by atoms with van der Waals surface area (Å²) in [5.74, 6) is -0.968. The summed E-state index contributed by atoms with van der Waals surface area (Å²) >= 11 is 0. The minimum absolute atomic E-state index is 0.0165. The Kier molecular flexibility index (Phi) is 8.56. The lowest BCUT2D eigenvalue weighted by Crippen LogP contribution is -2.31. The molecule has 0 spiro atoms. The second-order valence-electron chi connectivity index (χ2n) is 7.02. The van der Waals surface area contributed by atoms with Crippen LogP contribution >= 0.6 is 0 Å². The number of benzene rings is 2. The van der Waals surface area contributed by atoms with Gasteiger partial charge in [-0.05, 0) is 43.7 Å². The predicted molar refractivity (Wildman–Crippen MR) is 113 cm³/mol. The average molecular weight is 434 g/mol. The number of nitrogens with one attached hydrogen (secondary N) is 1. The van der Waals surface area contributed by atoms with Crippen molar-refractivity contribution in [3.8, 4) is 0 Å². The summed E-state index contributed by atoms with van der Waals surface area (Å²) in [5, 5.41) is 2.84. The lowest BCUT2D eigenvalue weighted by atomic mass is 10.0. The van der Waals surface area contributed by atoms with Crippen LogP contribution in [0.3, 0.4) is 0 Å². The molecule has 0 saturated carbocycles. The van der Waals surface area contributed by atoms with E-state index in [0.717, 1.165) is 5.56 Å². The number of esters is 1. The molecule has 162 valence electrons. The van der Waals surface area contributed by atoms with E-state index in [0.29, 0.717) is 5.56 Å². The van der Waals surface area contributed by atoms with Gasteiger partial charge in [0.2, 0.25) is 0 Å². The molecule has 2 aromatic carbocycles. The molecule has 2 rings (SSSR count). The van der Waals surface area contributed by atoms with E-state index < -0.39 is 27.8 Å². The van der Waals surface area contributed by atoms with Crippen molar-refractivity contribution in [2.75, 3.05) is 19.5 Å². The van der Waals surface area contributed by atoms with Crippen LogP contribution in [0.25, 0.3) is 0 Å². The van der Waals surface area contributed by atoms with E-state index in [1.165, 1.54) is 31.4 Å². The first kappa shape index (κ1) is 23.6. The minimum Gasteiger partial charge on any atom is -0.463 e. The van der Waals surface area contributed by atoms with Crippen LogP contribution in [0.2, 0.25) is 0 Å². The van der Waals surface area contributed by atoms with Gasteiger partial charge in [-0.1, -0.05) is 30.3 Å². The Morgan fingerprint density at radius 2 is 1.63 bits per heavy atom. The zero-order valence-electron chi connectivity index (χ0n) is 17.3. The fourth-order valence-electron chi connectivity index (χ4n) is 2.78. The average Bonchev–Trinajstić information content (AvgIpc) is 2.72. The van der Waals surface area contributed by atoms with Crippen molar-refractivity contribution in [3.63, 3.8) is 0 Å². The Labute approximate surface area is 177 Å². The fraction of sp³-hybridized carbons (Fsp3) is 0.364. The zero-order valence-corrected chi connectivity index (χ0v) is 18.1. The fourth-order valence-corrected chi connectivity index (χ4v) is 3.95. The summed E-state index contributed by atoms with van der Waals surface area (Å²) in [7, 11) is -2.04. The summed E-state index contributed by atoms with van der Waals surface area (Å²) in [6.07, 6.45) is -0.269. The molecule has 0 aliphatic carbocycles. The van der Waals surface area contributed by atoms with Crippen molar-refractivity contribution in [1.82, 2.24) is 5.32 Å². The SMILES string of the molecule is COCCS(=O)(=O)c1ccc(C(=O)NC(CC(=O)OC(C)C)c2ccccc2)cc1. The van der Waals surface area contributed by atoms with E-state index in [-0.39, 0.29) is 29.8 Å². The first-order valence-electron chi connectivity index (χ1n) is 9.60. The highest BCUT2D eigenvalue weighted by Crippen LogP contribution is 2.19. The number of sulfone groups is 1. The van der Waals surface area contributed by atoms with Crippen molar-refractivity contribution < 1.29 is 27.5 Å². The van der Waals surface area contributed by atoms with Crippen molar-refractivity contribution >= 4 is 21.7 Å². The standard InChI is InChI=1S/C22H27NO6S/c1-16(2)29-21(24)15-20(17-7-5-4-6-8-17)23-22(25)18-9-11-19(12-10-18)30(26,27)14-13-28-3/h4-12,16,20H,13-15H2,1-3H3,(H,23,25). The van der Waals surface area contributed by atoms with Crippen LogP contribution < -0.4 is 5.32 Å². The molecular weight excluding hydrogens is 406 g/mol. The third kappa shape index (κ3) is 6.96. The molecule has 0 aliphatic heterocycles. The highest BCUT2D eigenvalue weighted by atomic mass is 32.2. The Balaban J connectivity index is 2.15. The van der Waals surface area contributed by atoms with Crippen LogP contribution in [0.4, 0.5) is 0 Å². The van der Waals surface area contributed by atoms with Crippen molar-refractivity contribution in [1.29, 1.82) is 0 Å². The third-order valence-corrected chi connectivity index (χ3v) is 5.97. The van der Waals surface area contributed by atoms with E-state index in [4.69, 9.17) is 9.47 Å². The van der Waals surface area contributed by atoms with Gasteiger partial charge in [0.15, 0.2) is 9.84 Å². The van der Waals surface area contributed by atoms with E-state index >= 15 is 0 Å². The molecule has 0 saturated heterocycles. The molecule has 1 atom stereocenters. The summed E-state index contributed by atoms with van der Waals surface area (Å²) in [5.41, 5.74) is 1.06. The van der Waals surface area contributed by atoms with Gasteiger partial charge in [-0.25, -0.2) is 8.42 Å². The number of amides is 1. The topological polar surface area (TPSA) is 98.8 Å². The highest BCUT2D eigenvalue weighted by molar-refractivity contribution is 7.91. The number of methoxy groups -OCH3 is 1. The quantitative estimate of drug-likeness (QED) is 0.579. The summed E-state index contributed by atoms with van der Waals surface area (Å²) in [6, 6.07) is 14.2. The Hall–Kier alpha value is -2.71. The van der Waals surface area contributed by atoms with E-state index in [2.05, 4.69) is 5.32 Å². The molecule has 1 N–H and O–H groups in total. The van der Waals surface area contributed by atoms with Crippen molar-refractivity contribution in [2.45, 2.75) is 37.3 Å². The molecule has 30 heavy (non-hydrogen) atoms. The van der Waals surface area contributed by atoms with Crippen LogP contribution in [0.15, 0.2) is 59.5 Å². The Morgan fingerprint density at radius 1 is 1.00 bits per heavy atom. The van der Waals surface area contributed by atoms with Gasteiger partial charge in [0.1, 0.15) is 0 Å². The molecular formula is C22H27NO6S. The van der Waals surface area contributed by atoms with Crippen molar-refractivity contribution in [3.05, 3.63) is 65.7 Å². The Morgan fingerprint density at radius 3 is 2.20 bits per heavy atom. The lowest BCUT2D eigenvalue weighted by molar-refractivity contribution is -0.147. The molecule has 7 nitrogen and oxygen atoms in total. The van der Waals surface area contributed by atoms with Crippen molar-refractivity contribution in [2.24, 2.45) is 0 Å². The third-order valence-electron chi connectivity index (χ3n) is 4.28. The molecule has 0 bridgehead atoms. The monoisotopic (exact) mass is 433 g/mol. The van der Waals surface area contributed by atoms with Gasteiger partial charge < -0.3 is 14.8 Å². The van der Waals surface area contributed by atoms with Crippen LogP contribution in [0, 0.1) is 0 Å². The molecule has 0 aromatic heterocycles. The highest BCUT2D eigenvalue weighted by Gasteiger charge is 2.21. The number of carbonyl (C=O) groups excluding carboxylic acids is 2. The molecule has 0 radical (unpaired) electrons. The van der Waals surface area contributed by atoms with Gasteiger partial charge in [-0.2, -0.15) is 0 Å². The summed E-state index contributed by atoms with van der Waals surface area (Å²) in [6.45, 7) is 3.61. The molecule has 8 heteroatoms. The van der Waals surface area contributed by atoms with Gasteiger partial charge in [0.05, 0.1) is 35.8 Å². The molecule has 0 aliphatic rings. The number of rotatable bonds is 10. The van der Waals surface area contributed by atoms with E-state index in [1.807, 2.05) is 30.3 Å². The first-order chi connectivity index (χ1) is 14.2. The van der Waals surface area contributed by atoms with Crippen LogP contribution in [0.1, 0.15) is 42.2 Å². The second kappa shape index (κ2) is 10.9. The summed E-state index contributed by atoms with van der Waals surface area (Å²) in [4.78, 5) is 25.0. The van der Waals surface area contributed by atoms with Crippen LogP contribution in [-0.4, -0.2) is 45.9 Å². The predicted octanol–water partition coefficient (Wildman–Crippen LogP) is 2.92. The first-order valence-corrected chi connectivity index (χ1v) is 11.2. The molecule has 1 unspecified atom stereocenters. The van der Waals surface area contributed by atoms with Gasteiger partial charge in [-0.15, -0.1) is 0 Å². The number of hydrogen-bond donors (Lipinski definition) is 1. The maximum absolute atomic E-state index is 12.7. The number of carbonyl (C=O) groups is 2. The van der Waals surface area contributed by atoms with Gasteiger partial charge in [0.25, 0.3) is 5.91 Å². The van der Waals surface area contributed by atoms with E-state index in [1.54, 1.807) is 13.8 Å². The molecule has 2 aromatic rings. The van der Waals surface area contributed by atoms with Gasteiger partial charge in [0, 0.05) is 12.7 Å². The zero-order chi connectivity index (χ0) is 22.1. The second-order valence-corrected chi connectivity index (χ2v) is 9.12. The smallest absolute Gasteiger partial charge is 0.308 e. The number of hydrogen-bond acceptors (Lipinski definition) is 6. The normalized spacial score (nSPS) is 12.4. The lowest BCUT2D eigenvalue weighted by Gasteiger charge is -2.19. The number of ether oxygens (including phenoxy) is 2. The molecule has 1 amide bonds. The largest absolute Gasteiger partial charge is 0.463 e. The van der Waals surface area contributed by atoms with E-state index in [9.17, 15) is 18.0 Å². The Bertz CT molecular complexity index is 939. The minimum atomic E-state index is -3.48. The maximum atomic E-state index is 12.7. The summed E-state index contributed by atoms with van der Waals surface area (Å²) < 4.78 is 34.5. The van der Waals surface area contributed by atoms with Crippen LogP contribution in [-0.2, 0) is 24.1 Å². The molecule has 0 heterocycles. The molecule has 0 fully saturated rings.